The van der Waals surface area contributed by atoms with Crippen molar-refractivity contribution in [2.45, 2.75) is 32.3 Å². The van der Waals surface area contributed by atoms with E-state index in [1.807, 2.05) is 115 Å². The van der Waals surface area contributed by atoms with Crippen LogP contribution in [0.1, 0.15) is 32.6 Å². The first kappa shape index (κ1) is 29.1. The molecule has 0 unspecified atom stereocenters. The molecule has 0 aliphatic heterocycles. The number of amides is 1. The number of ether oxygens (including phenoxy) is 3. The van der Waals surface area contributed by atoms with Gasteiger partial charge in [-0.05, 0) is 46.5 Å². The third-order valence-corrected chi connectivity index (χ3v) is 6.77. The topological polar surface area (TPSA) is 73.9 Å². The zero-order chi connectivity index (χ0) is 29.7. The van der Waals surface area contributed by atoms with Crippen LogP contribution in [0.25, 0.3) is 0 Å². The highest BCUT2D eigenvalue weighted by molar-refractivity contribution is 5.96. The molecule has 0 aliphatic rings. The van der Waals surface area contributed by atoms with Crippen LogP contribution in [0.4, 0.5) is 0 Å². The largest absolute Gasteiger partial charge is 0.485 e. The van der Waals surface area contributed by atoms with E-state index in [-0.39, 0.29) is 18.9 Å². The molecule has 5 rings (SSSR count). The molecule has 6 heteroatoms. The van der Waals surface area contributed by atoms with Gasteiger partial charge in [-0.2, -0.15) is 0 Å². The molecule has 0 bridgehead atoms. The van der Waals surface area contributed by atoms with Crippen LogP contribution in [0.15, 0.2) is 140 Å². The highest BCUT2D eigenvalue weighted by Gasteiger charge is 2.24. The Balaban J connectivity index is 1.36. The van der Waals surface area contributed by atoms with Crippen LogP contribution in [-0.4, -0.2) is 17.9 Å². The highest BCUT2D eigenvalue weighted by Crippen LogP contribution is 2.31. The molecule has 1 amide bonds. The van der Waals surface area contributed by atoms with E-state index in [0.29, 0.717) is 30.3 Å². The first-order valence-electron chi connectivity index (χ1n) is 14.2. The standard InChI is InChI=1S/C37H33NO5/c39-36(32-19-11-4-12-20-32)38-33(37(40)43-27-30-17-9-3-10-18-30)23-31-21-22-34(41-25-28-13-5-1-6-14-28)35(24-31)42-26-29-15-7-2-8-16-29/h1-22,24,33H,23,25-27H2,(H,38,39)/t33-/m0/s1. The Kier molecular flexibility index (Phi) is 10.2. The molecule has 0 fully saturated rings. The molecule has 0 radical (unpaired) electrons. The molecule has 216 valence electrons. The summed E-state index contributed by atoms with van der Waals surface area (Å²) in [5.41, 5.74) is 4.15. The number of hydrogen-bond acceptors (Lipinski definition) is 5. The van der Waals surface area contributed by atoms with Crippen LogP contribution in [0.5, 0.6) is 11.5 Å². The average Bonchev–Trinajstić information content (AvgIpc) is 3.07. The van der Waals surface area contributed by atoms with E-state index in [1.165, 1.54) is 0 Å². The van der Waals surface area contributed by atoms with Crippen molar-refractivity contribution in [2.75, 3.05) is 0 Å². The summed E-state index contributed by atoms with van der Waals surface area (Å²) in [6.45, 7) is 0.831. The smallest absolute Gasteiger partial charge is 0.329 e. The molecule has 0 saturated heterocycles. The van der Waals surface area contributed by atoms with Gasteiger partial charge in [0.05, 0.1) is 0 Å². The minimum absolute atomic E-state index is 0.106. The molecule has 1 N–H and O–H groups in total. The Morgan fingerprint density at radius 1 is 0.535 bits per heavy atom. The van der Waals surface area contributed by atoms with Crippen molar-refractivity contribution in [3.8, 4) is 11.5 Å². The molecule has 6 nitrogen and oxygen atoms in total. The van der Waals surface area contributed by atoms with Crippen molar-refractivity contribution in [3.63, 3.8) is 0 Å². The normalized spacial score (nSPS) is 11.3. The Morgan fingerprint density at radius 2 is 1.02 bits per heavy atom. The quantitative estimate of drug-likeness (QED) is 0.155. The summed E-state index contributed by atoms with van der Waals surface area (Å²) in [6, 6.07) is 42.7. The minimum Gasteiger partial charge on any atom is -0.485 e. The van der Waals surface area contributed by atoms with Gasteiger partial charge >= 0.3 is 5.97 Å². The first-order chi connectivity index (χ1) is 21.1. The molecule has 0 saturated carbocycles. The number of nitrogens with one attached hydrogen (secondary N) is 1. The van der Waals surface area contributed by atoms with Crippen molar-refractivity contribution in [1.29, 1.82) is 0 Å². The zero-order valence-corrected chi connectivity index (χ0v) is 23.7. The second-order valence-electron chi connectivity index (χ2n) is 10.0. The van der Waals surface area contributed by atoms with Crippen molar-refractivity contribution in [2.24, 2.45) is 0 Å². The fourth-order valence-corrected chi connectivity index (χ4v) is 4.47. The lowest BCUT2D eigenvalue weighted by atomic mass is 10.0. The molecule has 0 spiro atoms. The number of esters is 1. The summed E-state index contributed by atoms with van der Waals surface area (Å²) in [5, 5.41) is 2.87. The van der Waals surface area contributed by atoms with Gasteiger partial charge in [0.25, 0.3) is 5.91 Å². The number of hydrogen-bond donors (Lipinski definition) is 1. The summed E-state index contributed by atoms with van der Waals surface area (Å²) >= 11 is 0. The molecule has 5 aromatic carbocycles. The highest BCUT2D eigenvalue weighted by atomic mass is 16.5. The molecule has 0 aromatic heterocycles. The van der Waals surface area contributed by atoms with Gasteiger partial charge < -0.3 is 19.5 Å². The van der Waals surface area contributed by atoms with E-state index < -0.39 is 12.0 Å². The van der Waals surface area contributed by atoms with Crippen LogP contribution in [0.3, 0.4) is 0 Å². The van der Waals surface area contributed by atoms with Crippen LogP contribution in [-0.2, 0) is 35.8 Å². The van der Waals surface area contributed by atoms with Gasteiger partial charge in [-0.25, -0.2) is 4.79 Å². The second-order valence-corrected chi connectivity index (χ2v) is 10.0. The first-order valence-corrected chi connectivity index (χ1v) is 14.2. The maximum atomic E-state index is 13.3. The predicted molar refractivity (Wildman–Crippen MR) is 166 cm³/mol. The lowest BCUT2D eigenvalue weighted by Crippen LogP contribution is -2.43. The van der Waals surface area contributed by atoms with Gasteiger partial charge in [-0.1, -0.05) is 115 Å². The maximum absolute atomic E-state index is 13.3. The van der Waals surface area contributed by atoms with Crippen molar-refractivity contribution >= 4 is 11.9 Å². The van der Waals surface area contributed by atoms with Crippen molar-refractivity contribution in [3.05, 3.63) is 167 Å². The van der Waals surface area contributed by atoms with Crippen LogP contribution < -0.4 is 14.8 Å². The Labute approximate surface area is 251 Å². The van der Waals surface area contributed by atoms with Gasteiger partial charge in [0.1, 0.15) is 25.9 Å². The summed E-state index contributed by atoms with van der Waals surface area (Å²) in [5.74, 6) is 0.248. The van der Waals surface area contributed by atoms with E-state index in [1.54, 1.807) is 24.3 Å². The molecule has 5 aromatic rings. The van der Waals surface area contributed by atoms with E-state index in [9.17, 15) is 9.59 Å². The third-order valence-electron chi connectivity index (χ3n) is 6.77. The average molecular weight is 572 g/mol. The monoisotopic (exact) mass is 571 g/mol. The van der Waals surface area contributed by atoms with Crippen molar-refractivity contribution < 1.29 is 23.8 Å². The zero-order valence-electron chi connectivity index (χ0n) is 23.7. The molecule has 1 atom stereocenters. The predicted octanol–water partition coefficient (Wildman–Crippen LogP) is 6.93. The number of benzene rings is 5. The van der Waals surface area contributed by atoms with Crippen LogP contribution in [0, 0.1) is 0 Å². The molecule has 0 heterocycles. The Bertz CT molecular complexity index is 1590. The molecule has 0 aliphatic carbocycles. The molecule has 43 heavy (non-hydrogen) atoms. The van der Waals surface area contributed by atoms with E-state index in [2.05, 4.69) is 5.32 Å². The number of rotatable bonds is 13. The number of carbonyl (C=O) groups is 2. The van der Waals surface area contributed by atoms with Crippen molar-refractivity contribution in [1.82, 2.24) is 5.32 Å². The third kappa shape index (κ3) is 8.81. The summed E-state index contributed by atoms with van der Waals surface area (Å²) < 4.78 is 18.0. The minimum atomic E-state index is -0.922. The SMILES string of the molecule is O=C(N[C@@H](Cc1ccc(OCc2ccccc2)c(OCc2ccccc2)c1)C(=O)OCc1ccccc1)c1ccccc1. The van der Waals surface area contributed by atoms with Gasteiger partial charge in [0, 0.05) is 12.0 Å². The van der Waals surface area contributed by atoms with E-state index >= 15 is 0 Å². The van der Waals surface area contributed by atoms with E-state index in [0.717, 1.165) is 22.3 Å². The fraction of sp³-hybridized carbons (Fsp3) is 0.135. The summed E-state index contributed by atoms with van der Waals surface area (Å²) in [6.07, 6.45) is 0.201. The second kappa shape index (κ2) is 15.0. The van der Waals surface area contributed by atoms with Crippen LogP contribution in [0.2, 0.25) is 0 Å². The molecular weight excluding hydrogens is 538 g/mol. The lowest BCUT2D eigenvalue weighted by Gasteiger charge is -2.19. The lowest BCUT2D eigenvalue weighted by molar-refractivity contribution is -0.147. The fourth-order valence-electron chi connectivity index (χ4n) is 4.47. The molecular formula is C37H33NO5. The van der Waals surface area contributed by atoms with Gasteiger partial charge in [-0.15, -0.1) is 0 Å². The Hall–Kier alpha value is -5.36. The summed E-state index contributed by atoms with van der Waals surface area (Å²) in [4.78, 5) is 26.4. The van der Waals surface area contributed by atoms with Gasteiger partial charge in [0.2, 0.25) is 0 Å². The summed E-state index contributed by atoms with van der Waals surface area (Å²) in [7, 11) is 0. The van der Waals surface area contributed by atoms with Gasteiger partial charge in [0.15, 0.2) is 11.5 Å². The van der Waals surface area contributed by atoms with Crippen LogP contribution >= 0.6 is 0 Å². The Morgan fingerprint density at radius 3 is 1.58 bits per heavy atom. The van der Waals surface area contributed by atoms with Gasteiger partial charge in [-0.3, -0.25) is 4.79 Å². The van der Waals surface area contributed by atoms with E-state index in [4.69, 9.17) is 14.2 Å². The number of carbonyl (C=O) groups excluding carboxylic acids is 2. The maximum Gasteiger partial charge on any atom is 0.329 e.